The van der Waals surface area contributed by atoms with Gasteiger partial charge in [-0.15, -0.1) is 0 Å². The van der Waals surface area contributed by atoms with Crippen LogP contribution in [-0.2, 0) is 4.79 Å². The molecule has 1 N–H and O–H groups in total. The molecular formula is C13H23N3O. The van der Waals surface area contributed by atoms with Gasteiger partial charge in [0, 0.05) is 25.6 Å². The summed E-state index contributed by atoms with van der Waals surface area (Å²) in [5.41, 5.74) is 0. The fourth-order valence-electron chi connectivity index (χ4n) is 1.82. The van der Waals surface area contributed by atoms with Gasteiger partial charge in [0.1, 0.15) is 0 Å². The monoisotopic (exact) mass is 237 g/mol. The van der Waals surface area contributed by atoms with Crippen molar-refractivity contribution < 1.29 is 4.79 Å². The molecule has 1 amide bonds. The Hall–Kier alpha value is -1.08. The van der Waals surface area contributed by atoms with Crippen LogP contribution in [0.3, 0.4) is 0 Å². The molecule has 17 heavy (non-hydrogen) atoms. The topological polar surface area (TPSA) is 56.1 Å². The molecule has 0 aromatic rings. The van der Waals surface area contributed by atoms with Gasteiger partial charge in [-0.25, -0.2) is 0 Å². The zero-order valence-corrected chi connectivity index (χ0v) is 11.1. The largest absolute Gasteiger partial charge is 0.352 e. The van der Waals surface area contributed by atoms with Gasteiger partial charge in [-0.3, -0.25) is 9.69 Å². The summed E-state index contributed by atoms with van der Waals surface area (Å²) in [5, 5.41) is 11.7. The molecule has 0 heterocycles. The number of hydrogen-bond acceptors (Lipinski definition) is 3. The molecule has 0 saturated heterocycles. The number of nitrogens with zero attached hydrogens (tertiary/aromatic N) is 2. The minimum absolute atomic E-state index is 0.103. The molecule has 1 unspecified atom stereocenters. The molecule has 1 aliphatic carbocycles. The zero-order valence-electron chi connectivity index (χ0n) is 11.1. The second kappa shape index (κ2) is 6.61. The normalized spacial score (nSPS) is 16.9. The highest BCUT2D eigenvalue weighted by atomic mass is 16.2. The summed E-state index contributed by atoms with van der Waals surface area (Å²) in [5.74, 6) is 0.607. The van der Waals surface area contributed by atoms with Gasteiger partial charge >= 0.3 is 0 Å². The van der Waals surface area contributed by atoms with Crippen molar-refractivity contribution in [3.63, 3.8) is 0 Å². The number of nitriles is 1. The van der Waals surface area contributed by atoms with E-state index >= 15 is 0 Å². The second-order valence-corrected chi connectivity index (χ2v) is 5.26. The van der Waals surface area contributed by atoms with Gasteiger partial charge < -0.3 is 5.32 Å². The summed E-state index contributed by atoms with van der Waals surface area (Å²) < 4.78 is 0. The van der Waals surface area contributed by atoms with Crippen LogP contribution in [0.25, 0.3) is 0 Å². The molecule has 96 valence electrons. The van der Waals surface area contributed by atoms with Crippen molar-refractivity contribution >= 4 is 5.91 Å². The van der Waals surface area contributed by atoms with Crippen LogP contribution in [0.1, 0.15) is 40.0 Å². The van der Waals surface area contributed by atoms with E-state index in [1.807, 2.05) is 6.92 Å². The van der Waals surface area contributed by atoms with Crippen LogP contribution in [0.4, 0.5) is 0 Å². The van der Waals surface area contributed by atoms with Crippen molar-refractivity contribution in [1.29, 1.82) is 5.26 Å². The SMILES string of the molecule is CC(C)CN(CCC#N)C(C)C(=O)NC1CC1. The fraction of sp³-hybridized carbons (Fsp3) is 0.846. The Morgan fingerprint density at radius 2 is 2.12 bits per heavy atom. The van der Waals surface area contributed by atoms with Crippen LogP contribution in [-0.4, -0.2) is 36.0 Å². The number of amides is 1. The third kappa shape index (κ3) is 5.18. The molecule has 0 aromatic carbocycles. The lowest BCUT2D eigenvalue weighted by molar-refractivity contribution is -0.126. The van der Waals surface area contributed by atoms with Crippen LogP contribution in [0.2, 0.25) is 0 Å². The van der Waals surface area contributed by atoms with Crippen molar-refractivity contribution in [2.24, 2.45) is 5.92 Å². The van der Waals surface area contributed by atoms with E-state index in [1.165, 1.54) is 0 Å². The fourth-order valence-corrected chi connectivity index (χ4v) is 1.82. The van der Waals surface area contributed by atoms with Crippen LogP contribution in [0, 0.1) is 17.2 Å². The zero-order chi connectivity index (χ0) is 12.8. The van der Waals surface area contributed by atoms with E-state index in [0.717, 1.165) is 19.4 Å². The van der Waals surface area contributed by atoms with Crippen LogP contribution >= 0.6 is 0 Å². The van der Waals surface area contributed by atoms with E-state index in [2.05, 4.69) is 30.1 Å². The summed E-state index contributed by atoms with van der Waals surface area (Å²) >= 11 is 0. The van der Waals surface area contributed by atoms with E-state index < -0.39 is 0 Å². The average Bonchev–Trinajstić information content (AvgIpc) is 3.06. The smallest absolute Gasteiger partial charge is 0.237 e. The molecule has 4 nitrogen and oxygen atoms in total. The molecule has 1 atom stereocenters. The number of carbonyl (C=O) groups is 1. The highest BCUT2D eigenvalue weighted by molar-refractivity contribution is 5.81. The van der Waals surface area contributed by atoms with Gasteiger partial charge in [-0.1, -0.05) is 13.8 Å². The highest BCUT2D eigenvalue weighted by Gasteiger charge is 2.28. The summed E-state index contributed by atoms with van der Waals surface area (Å²) in [4.78, 5) is 14.0. The van der Waals surface area contributed by atoms with Gasteiger partial charge in [0.25, 0.3) is 0 Å². The van der Waals surface area contributed by atoms with E-state index in [0.29, 0.717) is 24.9 Å². The van der Waals surface area contributed by atoms with Gasteiger partial charge in [0.2, 0.25) is 5.91 Å². The highest BCUT2D eigenvalue weighted by Crippen LogP contribution is 2.19. The molecule has 0 bridgehead atoms. The predicted octanol–water partition coefficient (Wildman–Crippen LogP) is 1.53. The lowest BCUT2D eigenvalue weighted by Gasteiger charge is -2.29. The summed E-state index contributed by atoms with van der Waals surface area (Å²) in [7, 11) is 0. The third-order valence-electron chi connectivity index (χ3n) is 2.96. The summed E-state index contributed by atoms with van der Waals surface area (Å²) in [6, 6.07) is 2.42. The lowest BCUT2D eigenvalue weighted by atomic mass is 10.1. The van der Waals surface area contributed by atoms with Gasteiger partial charge in [0.05, 0.1) is 12.1 Å². The number of carbonyl (C=O) groups excluding carboxylic acids is 1. The van der Waals surface area contributed by atoms with E-state index in [-0.39, 0.29) is 11.9 Å². The maximum atomic E-state index is 11.9. The average molecular weight is 237 g/mol. The molecule has 4 heteroatoms. The quantitative estimate of drug-likeness (QED) is 0.730. The van der Waals surface area contributed by atoms with Crippen molar-refractivity contribution in [2.75, 3.05) is 13.1 Å². The molecule has 0 aromatic heterocycles. The Morgan fingerprint density at radius 1 is 1.47 bits per heavy atom. The summed E-state index contributed by atoms with van der Waals surface area (Å²) in [6.07, 6.45) is 2.70. The van der Waals surface area contributed by atoms with Crippen molar-refractivity contribution in [3.8, 4) is 6.07 Å². The van der Waals surface area contributed by atoms with Gasteiger partial charge in [0.15, 0.2) is 0 Å². The molecule has 0 aliphatic heterocycles. The molecule has 1 saturated carbocycles. The van der Waals surface area contributed by atoms with Crippen LogP contribution < -0.4 is 5.32 Å². The molecular weight excluding hydrogens is 214 g/mol. The standard InChI is InChI=1S/C13H23N3O/c1-10(2)9-16(8-4-7-14)11(3)13(17)15-12-5-6-12/h10-12H,4-6,8-9H2,1-3H3,(H,15,17). The molecule has 0 radical (unpaired) electrons. The predicted molar refractivity (Wildman–Crippen MR) is 67.3 cm³/mol. The first-order valence-electron chi connectivity index (χ1n) is 6.46. The minimum Gasteiger partial charge on any atom is -0.352 e. The Bertz CT molecular complexity index is 292. The first kappa shape index (κ1) is 14.0. The lowest BCUT2D eigenvalue weighted by Crippen LogP contribution is -2.47. The first-order valence-corrected chi connectivity index (χ1v) is 6.46. The van der Waals surface area contributed by atoms with E-state index in [9.17, 15) is 4.79 Å². The number of nitrogens with one attached hydrogen (secondary N) is 1. The van der Waals surface area contributed by atoms with E-state index in [1.54, 1.807) is 0 Å². The second-order valence-electron chi connectivity index (χ2n) is 5.26. The van der Waals surface area contributed by atoms with Crippen LogP contribution in [0.15, 0.2) is 0 Å². The van der Waals surface area contributed by atoms with Crippen molar-refractivity contribution in [1.82, 2.24) is 10.2 Å². The third-order valence-corrected chi connectivity index (χ3v) is 2.96. The Kier molecular flexibility index (Phi) is 5.43. The van der Waals surface area contributed by atoms with Crippen molar-refractivity contribution in [3.05, 3.63) is 0 Å². The van der Waals surface area contributed by atoms with Gasteiger partial charge in [-0.05, 0) is 25.7 Å². The van der Waals surface area contributed by atoms with Gasteiger partial charge in [-0.2, -0.15) is 5.26 Å². The minimum atomic E-state index is -0.133. The van der Waals surface area contributed by atoms with Crippen LogP contribution in [0.5, 0.6) is 0 Å². The maximum absolute atomic E-state index is 11.9. The molecule has 1 rings (SSSR count). The molecule has 0 spiro atoms. The van der Waals surface area contributed by atoms with Crippen molar-refractivity contribution in [2.45, 2.75) is 52.1 Å². The Labute approximate surface area is 104 Å². The molecule has 1 fully saturated rings. The summed E-state index contributed by atoms with van der Waals surface area (Å²) in [6.45, 7) is 7.72. The Morgan fingerprint density at radius 3 is 2.59 bits per heavy atom. The first-order chi connectivity index (χ1) is 8.04. The molecule has 1 aliphatic rings. The maximum Gasteiger partial charge on any atom is 0.237 e. The number of hydrogen-bond donors (Lipinski definition) is 1. The van der Waals surface area contributed by atoms with E-state index in [4.69, 9.17) is 5.26 Å². The Balaban J connectivity index is 2.47. The number of rotatable bonds is 7.